The van der Waals surface area contributed by atoms with E-state index >= 15 is 0 Å². The van der Waals surface area contributed by atoms with Crippen molar-refractivity contribution in [3.63, 3.8) is 0 Å². The van der Waals surface area contributed by atoms with Gasteiger partial charge in [-0.2, -0.15) is 0 Å². The van der Waals surface area contributed by atoms with Crippen molar-refractivity contribution in [2.75, 3.05) is 7.05 Å². The molecule has 0 amide bonds. The standard InChI is InChI=1S/C15H17N3/c1-10-7-13(9-18(3)11(10)2)14-8-12-5-4-6-16-15(12)17-14/h4-6,8-9H,7H2,1-3H3,(H,16,17). The Hall–Kier alpha value is -2.03. The Labute approximate surface area is 107 Å². The molecular formula is C15H17N3. The number of hydrogen-bond acceptors (Lipinski definition) is 2. The second kappa shape index (κ2) is 4.02. The summed E-state index contributed by atoms with van der Waals surface area (Å²) in [5.41, 5.74) is 6.20. The Bertz CT molecular complexity index is 628. The molecule has 1 aliphatic rings. The molecule has 18 heavy (non-hydrogen) atoms. The van der Waals surface area contributed by atoms with Gasteiger partial charge in [0, 0.05) is 36.2 Å². The highest BCUT2D eigenvalue weighted by atomic mass is 15.1. The molecule has 1 N–H and O–H groups in total. The second-order valence-electron chi connectivity index (χ2n) is 4.93. The van der Waals surface area contributed by atoms with Gasteiger partial charge in [-0.25, -0.2) is 4.98 Å². The summed E-state index contributed by atoms with van der Waals surface area (Å²) in [4.78, 5) is 9.92. The number of H-pyrrole nitrogens is 1. The largest absolute Gasteiger partial charge is 0.354 e. The lowest BCUT2D eigenvalue weighted by atomic mass is 9.99. The van der Waals surface area contributed by atoms with Crippen LogP contribution in [0, 0.1) is 0 Å². The van der Waals surface area contributed by atoms with Gasteiger partial charge in [-0.15, -0.1) is 0 Å². The molecule has 3 rings (SSSR count). The van der Waals surface area contributed by atoms with Crippen molar-refractivity contribution >= 4 is 16.6 Å². The molecule has 0 saturated carbocycles. The molecule has 2 aromatic rings. The molecule has 3 heterocycles. The van der Waals surface area contributed by atoms with Crippen LogP contribution in [-0.4, -0.2) is 21.9 Å². The van der Waals surface area contributed by atoms with E-state index in [-0.39, 0.29) is 0 Å². The van der Waals surface area contributed by atoms with E-state index in [4.69, 9.17) is 0 Å². The van der Waals surface area contributed by atoms with Gasteiger partial charge in [0.05, 0.1) is 0 Å². The first-order valence-corrected chi connectivity index (χ1v) is 6.19. The normalized spacial score (nSPS) is 16.4. The summed E-state index contributed by atoms with van der Waals surface area (Å²) < 4.78 is 0. The van der Waals surface area contributed by atoms with Gasteiger partial charge in [0.2, 0.25) is 0 Å². The van der Waals surface area contributed by atoms with E-state index in [0.717, 1.165) is 12.1 Å². The summed E-state index contributed by atoms with van der Waals surface area (Å²) in [6.07, 6.45) is 5.02. The summed E-state index contributed by atoms with van der Waals surface area (Å²) in [7, 11) is 2.10. The fourth-order valence-electron chi connectivity index (χ4n) is 2.39. The molecule has 2 aromatic heterocycles. The van der Waals surface area contributed by atoms with Gasteiger partial charge in [-0.05, 0) is 49.6 Å². The highest BCUT2D eigenvalue weighted by Gasteiger charge is 2.15. The average molecular weight is 239 g/mol. The Morgan fingerprint density at radius 2 is 2.17 bits per heavy atom. The molecule has 0 spiro atoms. The van der Waals surface area contributed by atoms with Gasteiger partial charge >= 0.3 is 0 Å². The molecule has 1 aliphatic heterocycles. The van der Waals surface area contributed by atoms with Gasteiger partial charge in [-0.1, -0.05) is 0 Å². The van der Waals surface area contributed by atoms with E-state index in [2.05, 4.69) is 54.1 Å². The van der Waals surface area contributed by atoms with Crippen LogP contribution in [0.15, 0.2) is 41.9 Å². The molecule has 0 saturated heterocycles. The van der Waals surface area contributed by atoms with Crippen molar-refractivity contribution in [1.82, 2.24) is 14.9 Å². The van der Waals surface area contributed by atoms with Crippen LogP contribution in [0.3, 0.4) is 0 Å². The van der Waals surface area contributed by atoms with Crippen molar-refractivity contribution in [1.29, 1.82) is 0 Å². The maximum Gasteiger partial charge on any atom is 0.137 e. The topological polar surface area (TPSA) is 31.9 Å². The SMILES string of the molecule is CC1=C(C)N(C)C=C(c2cc3cccnc3[nH]2)C1. The van der Waals surface area contributed by atoms with Gasteiger partial charge in [0.1, 0.15) is 5.65 Å². The zero-order valence-corrected chi connectivity index (χ0v) is 11.0. The average Bonchev–Trinajstić information content (AvgIpc) is 2.79. The second-order valence-corrected chi connectivity index (χ2v) is 4.93. The van der Waals surface area contributed by atoms with Crippen LogP contribution in [0.25, 0.3) is 16.6 Å². The van der Waals surface area contributed by atoms with Crippen molar-refractivity contribution in [2.24, 2.45) is 0 Å². The number of hydrogen-bond donors (Lipinski definition) is 1. The van der Waals surface area contributed by atoms with E-state index < -0.39 is 0 Å². The maximum atomic E-state index is 4.34. The molecule has 0 aromatic carbocycles. The van der Waals surface area contributed by atoms with Crippen LogP contribution in [0.5, 0.6) is 0 Å². The third-order valence-corrected chi connectivity index (χ3v) is 3.69. The number of allylic oxidation sites excluding steroid dienone is 3. The van der Waals surface area contributed by atoms with Crippen LogP contribution >= 0.6 is 0 Å². The summed E-state index contributed by atoms with van der Waals surface area (Å²) in [5.74, 6) is 0. The summed E-state index contributed by atoms with van der Waals surface area (Å²) >= 11 is 0. The molecule has 3 nitrogen and oxygen atoms in total. The first kappa shape index (κ1) is 11.1. The molecule has 0 unspecified atom stereocenters. The minimum absolute atomic E-state index is 0.958. The first-order chi connectivity index (χ1) is 8.65. The van der Waals surface area contributed by atoms with Gasteiger partial charge in [-0.3, -0.25) is 0 Å². The molecule has 92 valence electrons. The summed E-state index contributed by atoms with van der Waals surface area (Å²) in [6, 6.07) is 6.23. The molecule has 0 radical (unpaired) electrons. The minimum Gasteiger partial charge on any atom is -0.354 e. The predicted molar refractivity (Wildman–Crippen MR) is 74.8 cm³/mol. The lowest BCUT2D eigenvalue weighted by Crippen LogP contribution is -2.14. The number of fused-ring (bicyclic) bond motifs is 1. The maximum absolute atomic E-state index is 4.34. The smallest absolute Gasteiger partial charge is 0.137 e. The number of pyridine rings is 1. The molecule has 3 heteroatoms. The van der Waals surface area contributed by atoms with Gasteiger partial charge in [0.25, 0.3) is 0 Å². The van der Waals surface area contributed by atoms with Crippen molar-refractivity contribution < 1.29 is 0 Å². The fraction of sp³-hybridized carbons (Fsp3) is 0.267. The lowest BCUT2D eigenvalue weighted by Gasteiger charge is -2.25. The molecule has 0 aliphatic carbocycles. The van der Waals surface area contributed by atoms with Gasteiger partial charge < -0.3 is 9.88 Å². The van der Waals surface area contributed by atoms with Crippen LogP contribution in [0.4, 0.5) is 0 Å². The van der Waals surface area contributed by atoms with E-state index in [0.29, 0.717) is 0 Å². The minimum atomic E-state index is 0.958. The van der Waals surface area contributed by atoms with E-state index in [1.54, 1.807) is 0 Å². The Morgan fingerprint density at radius 3 is 2.89 bits per heavy atom. The third kappa shape index (κ3) is 1.72. The highest BCUT2D eigenvalue weighted by molar-refractivity contribution is 5.82. The molecular weight excluding hydrogens is 222 g/mol. The summed E-state index contributed by atoms with van der Waals surface area (Å²) in [6.45, 7) is 4.36. The highest BCUT2D eigenvalue weighted by Crippen LogP contribution is 2.30. The summed E-state index contributed by atoms with van der Waals surface area (Å²) in [5, 5.41) is 1.17. The number of nitrogens with one attached hydrogen (secondary N) is 1. The van der Waals surface area contributed by atoms with Crippen LogP contribution in [0.2, 0.25) is 0 Å². The van der Waals surface area contributed by atoms with E-state index in [1.807, 2.05) is 12.3 Å². The van der Waals surface area contributed by atoms with E-state index in [9.17, 15) is 0 Å². The molecule has 0 fully saturated rings. The monoisotopic (exact) mass is 239 g/mol. The molecule has 0 bridgehead atoms. The van der Waals surface area contributed by atoms with Crippen molar-refractivity contribution in [2.45, 2.75) is 20.3 Å². The lowest BCUT2D eigenvalue weighted by molar-refractivity contribution is 0.551. The fourth-order valence-corrected chi connectivity index (χ4v) is 2.39. The zero-order valence-electron chi connectivity index (χ0n) is 11.0. The number of aromatic amines is 1. The van der Waals surface area contributed by atoms with Crippen molar-refractivity contribution in [3.05, 3.63) is 47.6 Å². The molecule has 0 atom stereocenters. The number of nitrogens with zero attached hydrogens (tertiary/aromatic N) is 2. The Morgan fingerprint density at radius 1 is 1.33 bits per heavy atom. The van der Waals surface area contributed by atoms with Crippen LogP contribution < -0.4 is 0 Å². The Balaban J connectivity index is 2.03. The number of aromatic nitrogens is 2. The predicted octanol–water partition coefficient (Wildman–Crippen LogP) is 3.53. The Kier molecular flexibility index (Phi) is 2.47. The first-order valence-electron chi connectivity index (χ1n) is 6.19. The van der Waals surface area contributed by atoms with Crippen LogP contribution in [0.1, 0.15) is 26.0 Å². The van der Waals surface area contributed by atoms with Crippen LogP contribution in [-0.2, 0) is 0 Å². The van der Waals surface area contributed by atoms with E-state index in [1.165, 1.54) is 27.9 Å². The quantitative estimate of drug-likeness (QED) is 0.825. The third-order valence-electron chi connectivity index (χ3n) is 3.69. The zero-order chi connectivity index (χ0) is 12.7. The number of rotatable bonds is 1. The van der Waals surface area contributed by atoms with Gasteiger partial charge in [0.15, 0.2) is 0 Å². The van der Waals surface area contributed by atoms with Crippen molar-refractivity contribution in [3.8, 4) is 0 Å².